The van der Waals surface area contributed by atoms with Gasteiger partial charge in [-0.05, 0) is 30.3 Å². The fourth-order valence-electron chi connectivity index (χ4n) is 2.07. The largest absolute Gasteiger partial charge is 0.399 e. The topological polar surface area (TPSA) is 75.0 Å². The average molecular weight is 321 g/mol. The monoisotopic (exact) mass is 320 g/mol. The summed E-state index contributed by atoms with van der Waals surface area (Å²) in [4.78, 5) is 22.3. The molecule has 0 unspecified atom stereocenters. The Balaban J connectivity index is 1.96. The second kappa shape index (κ2) is 5.38. The molecule has 2 heterocycles. The third-order valence-electron chi connectivity index (χ3n) is 3.10. The zero-order chi connectivity index (χ0) is 15.0. The number of nitrogen functional groups attached to an aromatic ring is 1. The molecule has 5 nitrogen and oxygen atoms in total. The van der Waals surface area contributed by atoms with Gasteiger partial charge in [0.2, 0.25) is 5.95 Å². The lowest BCUT2D eigenvalue weighted by Gasteiger charge is -2.16. The van der Waals surface area contributed by atoms with Gasteiger partial charge in [-0.2, -0.15) is 0 Å². The van der Waals surface area contributed by atoms with Gasteiger partial charge in [0.15, 0.2) is 0 Å². The van der Waals surface area contributed by atoms with Crippen LogP contribution in [0.5, 0.6) is 0 Å². The second-order valence-electron chi connectivity index (χ2n) is 4.73. The van der Waals surface area contributed by atoms with E-state index in [9.17, 15) is 4.79 Å². The van der Waals surface area contributed by atoms with Gasteiger partial charge in [0.25, 0.3) is 5.56 Å². The van der Waals surface area contributed by atoms with Crippen LogP contribution in [0.1, 0.15) is 4.88 Å². The molecule has 0 radical (unpaired) electrons. The molecule has 0 bridgehead atoms. The molecule has 0 saturated carbocycles. The second-order valence-corrected chi connectivity index (χ2v) is 6.53. The molecule has 0 aliphatic carbocycles. The van der Waals surface area contributed by atoms with Crippen molar-refractivity contribution in [1.29, 1.82) is 0 Å². The number of nitrogens with zero attached hydrogens (tertiary/aromatic N) is 2. The fraction of sp³-hybridized carbons (Fsp3) is 0.143. The van der Waals surface area contributed by atoms with Gasteiger partial charge in [0.05, 0.1) is 21.8 Å². The number of halogens is 1. The molecule has 0 fully saturated rings. The molecule has 0 aliphatic rings. The number of benzene rings is 1. The number of anilines is 2. The minimum Gasteiger partial charge on any atom is -0.399 e. The van der Waals surface area contributed by atoms with Gasteiger partial charge in [-0.25, -0.2) is 4.98 Å². The van der Waals surface area contributed by atoms with E-state index in [4.69, 9.17) is 17.3 Å². The third-order valence-corrected chi connectivity index (χ3v) is 4.32. The quantitative estimate of drug-likeness (QED) is 0.728. The smallest absolute Gasteiger partial charge is 0.260 e. The summed E-state index contributed by atoms with van der Waals surface area (Å²) in [5, 5.41) is 0.492. The summed E-state index contributed by atoms with van der Waals surface area (Å²) in [5.41, 5.74) is 6.67. The minimum atomic E-state index is -0.196. The standard InChI is InChI=1S/C14H13ClN4OS/c1-19(7-9-3-5-12(15)21-9)14-17-11-4-2-8(16)6-10(11)13(20)18-14/h2-6H,7,16H2,1H3,(H,17,18,20). The Morgan fingerprint density at radius 3 is 2.90 bits per heavy atom. The van der Waals surface area contributed by atoms with E-state index in [1.54, 1.807) is 18.2 Å². The summed E-state index contributed by atoms with van der Waals surface area (Å²) in [5.74, 6) is 0.516. The number of thiophene rings is 1. The highest BCUT2D eigenvalue weighted by atomic mass is 35.5. The molecule has 2 aromatic heterocycles. The Kier molecular flexibility index (Phi) is 3.57. The first-order valence-corrected chi connectivity index (χ1v) is 7.47. The number of fused-ring (bicyclic) bond motifs is 1. The van der Waals surface area contributed by atoms with E-state index >= 15 is 0 Å². The normalized spacial score (nSPS) is 11.0. The number of H-pyrrole nitrogens is 1. The summed E-state index contributed by atoms with van der Waals surface area (Å²) in [6.45, 7) is 0.626. The molecule has 1 aromatic carbocycles. The molecule has 21 heavy (non-hydrogen) atoms. The fourth-order valence-corrected chi connectivity index (χ4v) is 3.21. The Morgan fingerprint density at radius 1 is 1.38 bits per heavy atom. The molecule has 0 spiro atoms. The highest BCUT2D eigenvalue weighted by Gasteiger charge is 2.09. The van der Waals surface area contributed by atoms with Crippen LogP contribution < -0.4 is 16.2 Å². The SMILES string of the molecule is CN(Cc1ccc(Cl)s1)c1nc2ccc(N)cc2c(=O)[nH]1. The highest BCUT2D eigenvalue weighted by molar-refractivity contribution is 7.16. The summed E-state index contributed by atoms with van der Waals surface area (Å²) in [6.07, 6.45) is 0. The van der Waals surface area contributed by atoms with Crippen molar-refractivity contribution in [2.24, 2.45) is 0 Å². The van der Waals surface area contributed by atoms with Gasteiger partial charge in [-0.1, -0.05) is 11.6 Å². The third kappa shape index (κ3) is 2.86. The van der Waals surface area contributed by atoms with Crippen molar-refractivity contribution in [1.82, 2.24) is 9.97 Å². The van der Waals surface area contributed by atoms with Crippen molar-refractivity contribution in [3.05, 3.63) is 49.9 Å². The summed E-state index contributed by atoms with van der Waals surface area (Å²) in [7, 11) is 1.87. The van der Waals surface area contributed by atoms with Crippen LogP contribution in [0, 0.1) is 0 Å². The number of rotatable bonds is 3. The maximum Gasteiger partial charge on any atom is 0.260 e. The van der Waals surface area contributed by atoms with Gasteiger partial charge >= 0.3 is 0 Å². The van der Waals surface area contributed by atoms with Crippen LogP contribution in [0.2, 0.25) is 4.34 Å². The molecule has 0 amide bonds. The molecule has 0 saturated heterocycles. The van der Waals surface area contributed by atoms with E-state index in [0.29, 0.717) is 29.1 Å². The van der Waals surface area contributed by atoms with Crippen LogP contribution in [0.3, 0.4) is 0 Å². The van der Waals surface area contributed by atoms with Crippen LogP contribution in [0.15, 0.2) is 35.1 Å². The van der Waals surface area contributed by atoms with Crippen LogP contribution in [-0.4, -0.2) is 17.0 Å². The lowest BCUT2D eigenvalue weighted by Crippen LogP contribution is -2.22. The molecule has 3 aromatic rings. The van der Waals surface area contributed by atoms with Crippen molar-refractivity contribution in [2.75, 3.05) is 17.7 Å². The summed E-state index contributed by atoms with van der Waals surface area (Å²) >= 11 is 7.43. The minimum absolute atomic E-state index is 0.196. The predicted molar refractivity (Wildman–Crippen MR) is 88.2 cm³/mol. The average Bonchev–Trinajstić information content (AvgIpc) is 2.84. The van der Waals surface area contributed by atoms with Crippen molar-refractivity contribution < 1.29 is 0 Å². The molecule has 7 heteroatoms. The zero-order valence-electron chi connectivity index (χ0n) is 11.3. The Hall–Kier alpha value is -2.05. The molecule has 3 rings (SSSR count). The molecule has 108 valence electrons. The number of nitrogens with one attached hydrogen (secondary N) is 1. The van der Waals surface area contributed by atoms with Gasteiger partial charge < -0.3 is 10.6 Å². The summed E-state index contributed by atoms with van der Waals surface area (Å²) < 4.78 is 0.744. The maximum atomic E-state index is 12.1. The van der Waals surface area contributed by atoms with Crippen molar-refractivity contribution in [2.45, 2.75) is 6.54 Å². The van der Waals surface area contributed by atoms with Crippen LogP contribution in [0.25, 0.3) is 10.9 Å². The number of aromatic amines is 1. The molecule has 3 N–H and O–H groups in total. The Labute approximate surface area is 130 Å². The molecular formula is C14H13ClN4OS. The van der Waals surface area contributed by atoms with E-state index in [-0.39, 0.29) is 5.56 Å². The van der Waals surface area contributed by atoms with Gasteiger partial charge in [0.1, 0.15) is 0 Å². The highest BCUT2D eigenvalue weighted by Crippen LogP contribution is 2.23. The molecule has 0 atom stereocenters. The van der Waals surface area contributed by atoms with E-state index < -0.39 is 0 Å². The van der Waals surface area contributed by atoms with E-state index in [1.165, 1.54) is 11.3 Å². The predicted octanol–water partition coefficient (Wildman–Crippen LogP) is 2.86. The summed E-state index contributed by atoms with van der Waals surface area (Å²) in [6, 6.07) is 8.93. The molecular weight excluding hydrogens is 308 g/mol. The first kappa shape index (κ1) is 13.9. The zero-order valence-corrected chi connectivity index (χ0v) is 12.8. The maximum absolute atomic E-state index is 12.1. The molecule has 0 aliphatic heterocycles. The van der Waals surface area contributed by atoms with Crippen molar-refractivity contribution in [3.8, 4) is 0 Å². The first-order chi connectivity index (χ1) is 10.0. The number of nitrogens with two attached hydrogens (primary N) is 1. The number of hydrogen-bond acceptors (Lipinski definition) is 5. The first-order valence-electron chi connectivity index (χ1n) is 6.28. The number of aromatic nitrogens is 2. The van der Waals surface area contributed by atoms with E-state index in [1.807, 2.05) is 24.1 Å². The van der Waals surface area contributed by atoms with Gasteiger partial charge in [-0.3, -0.25) is 9.78 Å². The lowest BCUT2D eigenvalue weighted by molar-refractivity contribution is 0.880. The van der Waals surface area contributed by atoms with Crippen LogP contribution in [-0.2, 0) is 6.54 Å². The number of hydrogen-bond donors (Lipinski definition) is 2. The van der Waals surface area contributed by atoms with Crippen molar-refractivity contribution in [3.63, 3.8) is 0 Å². The van der Waals surface area contributed by atoms with Crippen molar-refractivity contribution >= 4 is 45.5 Å². The van der Waals surface area contributed by atoms with E-state index in [0.717, 1.165) is 9.21 Å². The Morgan fingerprint density at radius 2 is 2.19 bits per heavy atom. The van der Waals surface area contributed by atoms with Gasteiger partial charge in [-0.15, -0.1) is 11.3 Å². The van der Waals surface area contributed by atoms with Crippen LogP contribution in [0.4, 0.5) is 11.6 Å². The van der Waals surface area contributed by atoms with Gasteiger partial charge in [0, 0.05) is 17.6 Å². The van der Waals surface area contributed by atoms with Crippen LogP contribution >= 0.6 is 22.9 Å². The lowest BCUT2D eigenvalue weighted by atomic mass is 10.2. The van der Waals surface area contributed by atoms with E-state index in [2.05, 4.69) is 9.97 Å². The Bertz CT molecular complexity index is 858.